The highest BCUT2D eigenvalue weighted by Crippen LogP contribution is 2.19. The maximum absolute atomic E-state index is 11.5. The van der Waals surface area contributed by atoms with E-state index in [9.17, 15) is 4.79 Å². The van der Waals surface area contributed by atoms with Gasteiger partial charge in [0.1, 0.15) is 5.60 Å². The topological polar surface area (TPSA) is 52.3 Å². The third-order valence-electron chi connectivity index (χ3n) is 1.78. The van der Waals surface area contributed by atoms with Gasteiger partial charge in [-0.05, 0) is 43.2 Å². The van der Waals surface area contributed by atoms with Crippen LogP contribution < -0.4 is 5.73 Å². The van der Waals surface area contributed by atoms with Crippen molar-refractivity contribution in [2.45, 2.75) is 38.8 Å². The van der Waals surface area contributed by atoms with Crippen LogP contribution in [0.3, 0.4) is 0 Å². The highest BCUT2D eigenvalue weighted by molar-refractivity contribution is 7.07. The summed E-state index contributed by atoms with van der Waals surface area (Å²) < 4.78 is 5.19. The largest absolute Gasteiger partial charge is 0.460 e. The Labute approximate surface area is 94.2 Å². The maximum Gasteiger partial charge on any atom is 0.308 e. The summed E-state index contributed by atoms with van der Waals surface area (Å²) in [5.41, 5.74) is 6.42. The molecule has 0 unspecified atom stereocenters. The summed E-state index contributed by atoms with van der Waals surface area (Å²) in [6.45, 7) is 5.54. The minimum atomic E-state index is -0.439. The molecule has 0 bridgehead atoms. The van der Waals surface area contributed by atoms with Crippen molar-refractivity contribution >= 4 is 17.3 Å². The van der Waals surface area contributed by atoms with E-state index in [1.54, 1.807) is 11.3 Å². The zero-order valence-corrected chi connectivity index (χ0v) is 10.1. The molecule has 0 aliphatic carbocycles. The predicted molar refractivity (Wildman–Crippen MR) is 61.7 cm³/mol. The highest BCUT2D eigenvalue weighted by atomic mass is 32.1. The molecule has 2 N–H and O–H groups in total. The van der Waals surface area contributed by atoms with Crippen LogP contribution >= 0.6 is 11.3 Å². The van der Waals surface area contributed by atoms with Crippen LogP contribution in [0, 0.1) is 0 Å². The molecule has 0 amide bonds. The Bertz CT molecular complexity index is 314. The van der Waals surface area contributed by atoms with Crippen molar-refractivity contribution in [1.29, 1.82) is 0 Å². The van der Waals surface area contributed by atoms with Gasteiger partial charge in [0.25, 0.3) is 0 Å². The molecule has 1 rings (SSSR count). The fourth-order valence-corrected chi connectivity index (χ4v) is 1.89. The Balaban J connectivity index is 2.45. The van der Waals surface area contributed by atoms with Crippen LogP contribution in [0.1, 0.15) is 38.8 Å². The standard InChI is InChI=1S/C11H17NO2S/c1-11(2,3)14-10(13)6-9(12)8-4-5-15-7-8/h4-5,7,9H,6,12H2,1-3H3/t9-/m1/s1. The van der Waals surface area contributed by atoms with Gasteiger partial charge in [-0.3, -0.25) is 4.79 Å². The van der Waals surface area contributed by atoms with Crippen LogP contribution in [0.2, 0.25) is 0 Å². The van der Waals surface area contributed by atoms with Gasteiger partial charge in [-0.25, -0.2) is 0 Å². The summed E-state index contributed by atoms with van der Waals surface area (Å²) in [5, 5.41) is 3.90. The maximum atomic E-state index is 11.5. The van der Waals surface area contributed by atoms with Crippen LogP contribution in [-0.2, 0) is 9.53 Å². The lowest BCUT2D eigenvalue weighted by atomic mass is 10.1. The number of ether oxygens (including phenoxy) is 1. The van der Waals surface area contributed by atoms with Crippen molar-refractivity contribution < 1.29 is 9.53 Å². The minimum Gasteiger partial charge on any atom is -0.460 e. The Morgan fingerprint density at radius 2 is 2.27 bits per heavy atom. The Kier molecular flexibility index (Phi) is 3.88. The fourth-order valence-electron chi connectivity index (χ4n) is 1.17. The van der Waals surface area contributed by atoms with Gasteiger partial charge in [0.05, 0.1) is 6.42 Å². The second-order valence-corrected chi connectivity index (χ2v) is 5.23. The molecule has 0 saturated heterocycles. The van der Waals surface area contributed by atoms with Crippen molar-refractivity contribution in [3.05, 3.63) is 22.4 Å². The first-order valence-electron chi connectivity index (χ1n) is 4.88. The van der Waals surface area contributed by atoms with E-state index in [0.29, 0.717) is 0 Å². The smallest absolute Gasteiger partial charge is 0.308 e. The molecular weight excluding hydrogens is 210 g/mol. The van der Waals surface area contributed by atoms with E-state index in [1.807, 2.05) is 37.6 Å². The van der Waals surface area contributed by atoms with Crippen LogP contribution in [0.15, 0.2) is 16.8 Å². The molecule has 4 heteroatoms. The van der Waals surface area contributed by atoms with Crippen LogP contribution in [0.4, 0.5) is 0 Å². The van der Waals surface area contributed by atoms with E-state index in [4.69, 9.17) is 10.5 Å². The Hall–Kier alpha value is -0.870. The third-order valence-corrected chi connectivity index (χ3v) is 2.48. The molecule has 1 heterocycles. The molecule has 1 atom stereocenters. The van der Waals surface area contributed by atoms with Crippen LogP contribution in [0.25, 0.3) is 0 Å². The van der Waals surface area contributed by atoms with E-state index in [0.717, 1.165) is 5.56 Å². The van der Waals surface area contributed by atoms with Gasteiger partial charge >= 0.3 is 5.97 Å². The lowest BCUT2D eigenvalue weighted by Gasteiger charge is -2.20. The first-order valence-corrected chi connectivity index (χ1v) is 5.82. The van der Waals surface area contributed by atoms with E-state index in [2.05, 4.69) is 0 Å². The molecule has 0 fully saturated rings. The van der Waals surface area contributed by atoms with Crippen molar-refractivity contribution in [2.24, 2.45) is 5.73 Å². The van der Waals surface area contributed by atoms with Crippen molar-refractivity contribution in [3.63, 3.8) is 0 Å². The summed E-state index contributed by atoms with van der Waals surface area (Å²) in [4.78, 5) is 11.5. The van der Waals surface area contributed by atoms with Gasteiger partial charge in [-0.15, -0.1) is 0 Å². The highest BCUT2D eigenvalue weighted by Gasteiger charge is 2.19. The monoisotopic (exact) mass is 227 g/mol. The lowest BCUT2D eigenvalue weighted by molar-refractivity contribution is -0.155. The number of carbonyl (C=O) groups is 1. The molecular formula is C11H17NO2S. The summed E-state index contributed by atoms with van der Waals surface area (Å²) in [7, 11) is 0. The van der Waals surface area contributed by atoms with Crippen molar-refractivity contribution in [3.8, 4) is 0 Å². The molecule has 0 aliphatic heterocycles. The van der Waals surface area contributed by atoms with Gasteiger partial charge in [-0.1, -0.05) is 0 Å². The van der Waals surface area contributed by atoms with Gasteiger partial charge in [-0.2, -0.15) is 11.3 Å². The molecule has 84 valence electrons. The van der Waals surface area contributed by atoms with Gasteiger partial charge in [0.2, 0.25) is 0 Å². The summed E-state index contributed by atoms with van der Waals surface area (Å²) in [5.74, 6) is -0.249. The van der Waals surface area contributed by atoms with Gasteiger partial charge < -0.3 is 10.5 Å². The number of hydrogen-bond acceptors (Lipinski definition) is 4. The number of hydrogen-bond donors (Lipinski definition) is 1. The van der Waals surface area contributed by atoms with Crippen LogP contribution in [0.5, 0.6) is 0 Å². The summed E-state index contributed by atoms with van der Waals surface area (Å²) in [6.07, 6.45) is 0.230. The molecule has 1 aromatic rings. The van der Waals surface area contributed by atoms with E-state index in [1.165, 1.54) is 0 Å². The fraction of sp³-hybridized carbons (Fsp3) is 0.545. The Morgan fingerprint density at radius 3 is 2.73 bits per heavy atom. The normalized spacial score (nSPS) is 13.6. The molecule has 1 aromatic heterocycles. The van der Waals surface area contributed by atoms with E-state index >= 15 is 0 Å². The Morgan fingerprint density at radius 1 is 1.60 bits per heavy atom. The molecule has 15 heavy (non-hydrogen) atoms. The summed E-state index contributed by atoms with van der Waals surface area (Å²) >= 11 is 1.58. The number of thiophene rings is 1. The number of rotatable bonds is 3. The van der Waals surface area contributed by atoms with Gasteiger partial charge in [0, 0.05) is 6.04 Å². The zero-order chi connectivity index (χ0) is 11.5. The second-order valence-electron chi connectivity index (χ2n) is 4.45. The van der Waals surface area contributed by atoms with Crippen LogP contribution in [-0.4, -0.2) is 11.6 Å². The van der Waals surface area contributed by atoms with E-state index < -0.39 is 5.60 Å². The first-order chi connectivity index (χ1) is 6.88. The second kappa shape index (κ2) is 4.77. The molecule has 0 aliphatic rings. The zero-order valence-electron chi connectivity index (χ0n) is 9.32. The molecule has 0 spiro atoms. The molecule has 3 nitrogen and oxygen atoms in total. The van der Waals surface area contributed by atoms with Crippen molar-refractivity contribution in [2.75, 3.05) is 0 Å². The summed E-state index contributed by atoms with van der Waals surface area (Å²) in [6, 6.07) is 1.67. The van der Waals surface area contributed by atoms with E-state index in [-0.39, 0.29) is 18.4 Å². The molecule has 0 saturated carbocycles. The predicted octanol–water partition coefficient (Wildman–Crippen LogP) is 2.48. The quantitative estimate of drug-likeness (QED) is 0.807. The average molecular weight is 227 g/mol. The van der Waals surface area contributed by atoms with Crippen molar-refractivity contribution in [1.82, 2.24) is 0 Å². The molecule has 0 radical (unpaired) electrons. The minimum absolute atomic E-state index is 0.230. The number of carbonyl (C=O) groups excluding carboxylic acids is 1. The number of esters is 1. The third kappa shape index (κ3) is 4.44. The number of nitrogens with two attached hydrogens (primary N) is 1. The lowest BCUT2D eigenvalue weighted by Crippen LogP contribution is -2.26. The van der Waals surface area contributed by atoms with Gasteiger partial charge in [0.15, 0.2) is 0 Å². The molecule has 0 aromatic carbocycles. The average Bonchev–Trinajstić information content (AvgIpc) is 2.50. The first kappa shape index (κ1) is 12.2. The SMILES string of the molecule is CC(C)(C)OC(=O)C[C@@H](N)c1ccsc1.